The zero-order chi connectivity index (χ0) is 17.9. The van der Waals surface area contributed by atoms with Crippen molar-refractivity contribution < 1.29 is 9.53 Å². The van der Waals surface area contributed by atoms with Crippen LogP contribution in [0.4, 0.5) is 5.00 Å². The van der Waals surface area contributed by atoms with Crippen molar-refractivity contribution >= 4 is 22.3 Å². The van der Waals surface area contributed by atoms with Crippen LogP contribution in [0.1, 0.15) is 41.6 Å². The van der Waals surface area contributed by atoms with Crippen molar-refractivity contribution in [2.45, 2.75) is 26.2 Å². The predicted molar refractivity (Wildman–Crippen MR) is 93.3 cm³/mol. The molecule has 0 saturated carbocycles. The first-order valence-corrected chi connectivity index (χ1v) is 7.97. The van der Waals surface area contributed by atoms with Gasteiger partial charge in [-0.2, -0.15) is 5.26 Å². The van der Waals surface area contributed by atoms with Gasteiger partial charge in [0.05, 0.1) is 12.7 Å². The highest BCUT2D eigenvalue weighted by Gasteiger charge is 2.28. The topological polar surface area (TPSA) is 98.8 Å². The zero-order valence-corrected chi connectivity index (χ0v) is 14.6. The van der Waals surface area contributed by atoms with Crippen molar-refractivity contribution in [1.29, 1.82) is 5.26 Å². The molecule has 2 rings (SSSR count). The number of hydrogen-bond donors (Lipinski definition) is 0. The average Bonchev–Trinajstić information content (AvgIpc) is 2.92. The number of nitrogens with zero attached hydrogens (tertiary/aromatic N) is 4. The number of carbonyl (C=O) groups is 1. The maximum atomic E-state index is 12.2. The highest BCUT2D eigenvalue weighted by atomic mass is 32.1. The number of azide groups is 1. The monoisotopic (exact) mass is 340 g/mol. The summed E-state index contributed by atoms with van der Waals surface area (Å²) in [5.74, 6) is -0.561. The van der Waals surface area contributed by atoms with E-state index in [0.29, 0.717) is 5.56 Å². The van der Waals surface area contributed by atoms with E-state index >= 15 is 0 Å². The summed E-state index contributed by atoms with van der Waals surface area (Å²) in [5, 5.41) is 13.3. The second-order valence-corrected chi connectivity index (χ2v) is 7.07. The number of thiophene rings is 1. The first-order valence-electron chi connectivity index (χ1n) is 7.15. The summed E-state index contributed by atoms with van der Waals surface area (Å²) in [6, 6.07) is 9.64. The van der Waals surface area contributed by atoms with E-state index in [1.54, 1.807) is 0 Å². The number of esters is 1. The van der Waals surface area contributed by atoms with Gasteiger partial charge < -0.3 is 4.74 Å². The molecule has 24 heavy (non-hydrogen) atoms. The highest BCUT2D eigenvalue weighted by Crippen LogP contribution is 2.44. The molecule has 0 fully saturated rings. The molecule has 1 aromatic carbocycles. The third-order valence-corrected chi connectivity index (χ3v) is 4.57. The Morgan fingerprint density at radius 1 is 1.38 bits per heavy atom. The first kappa shape index (κ1) is 17.5. The number of ether oxygens (including phenoxy) is 1. The summed E-state index contributed by atoms with van der Waals surface area (Å²) in [6.07, 6.45) is 0. The van der Waals surface area contributed by atoms with E-state index in [1.165, 1.54) is 7.11 Å². The predicted octanol–water partition coefficient (Wildman–Crippen LogP) is 5.31. The van der Waals surface area contributed by atoms with Gasteiger partial charge in [-0.1, -0.05) is 45.0 Å². The molecule has 0 spiro atoms. The van der Waals surface area contributed by atoms with E-state index in [2.05, 4.69) is 36.9 Å². The Bertz CT molecular complexity index is 881. The van der Waals surface area contributed by atoms with Crippen LogP contribution in [0, 0.1) is 11.3 Å². The van der Waals surface area contributed by atoms with Crippen LogP contribution >= 0.6 is 11.3 Å². The average molecular weight is 340 g/mol. The van der Waals surface area contributed by atoms with E-state index in [1.807, 2.05) is 24.3 Å². The molecule has 2 aromatic rings. The smallest absolute Gasteiger partial charge is 0.348 e. The molecule has 7 heteroatoms. The van der Waals surface area contributed by atoms with E-state index in [-0.39, 0.29) is 20.9 Å². The molecular formula is C17H16N4O2S. The van der Waals surface area contributed by atoms with Crippen molar-refractivity contribution in [1.82, 2.24) is 0 Å². The van der Waals surface area contributed by atoms with Gasteiger partial charge in [0.2, 0.25) is 0 Å². The van der Waals surface area contributed by atoms with Gasteiger partial charge in [0, 0.05) is 10.5 Å². The molecule has 122 valence electrons. The van der Waals surface area contributed by atoms with E-state index in [9.17, 15) is 10.1 Å². The summed E-state index contributed by atoms with van der Waals surface area (Å²) in [5.41, 5.74) is 10.9. The van der Waals surface area contributed by atoms with Crippen LogP contribution in [-0.4, -0.2) is 13.1 Å². The summed E-state index contributed by atoms with van der Waals surface area (Å²) >= 11 is 0.965. The molecule has 0 N–H and O–H groups in total. The van der Waals surface area contributed by atoms with Crippen LogP contribution in [0.15, 0.2) is 29.4 Å². The summed E-state index contributed by atoms with van der Waals surface area (Å²) < 4.78 is 4.84. The standard InChI is InChI=1S/C17H16N4O2S/c1-17(2,3)12-8-6-5-7-10(12)13-11(9-18)15(20-21-19)24-14(13)16(22)23-4/h5-8H,1-4H3. The normalized spacial score (nSPS) is 10.6. The maximum Gasteiger partial charge on any atom is 0.348 e. The quantitative estimate of drug-likeness (QED) is 0.327. The minimum Gasteiger partial charge on any atom is -0.465 e. The van der Waals surface area contributed by atoms with Gasteiger partial charge in [-0.25, -0.2) is 4.79 Å². The number of methoxy groups -OCH3 is 1. The maximum absolute atomic E-state index is 12.2. The summed E-state index contributed by atoms with van der Waals surface area (Å²) in [7, 11) is 1.28. The second kappa shape index (κ2) is 6.75. The lowest BCUT2D eigenvalue weighted by Gasteiger charge is -2.23. The zero-order valence-electron chi connectivity index (χ0n) is 13.8. The minimum absolute atomic E-state index is 0.166. The molecule has 0 unspecified atom stereocenters. The molecule has 0 atom stereocenters. The Labute approximate surface area is 143 Å². The number of rotatable bonds is 3. The number of benzene rings is 1. The Hall–Kier alpha value is -2.81. The third kappa shape index (κ3) is 3.11. The lowest BCUT2D eigenvalue weighted by atomic mass is 9.81. The van der Waals surface area contributed by atoms with Crippen molar-refractivity contribution in [3.8, 4) is 17.2 Å². The second-order valence-electron chi connectivity index (χ2n) is 6.07. The van der Waals surface area contributed by atoms with Gasteiger partial charge in [-0.3, -0.25) is 0 Å². The van der Waals surface area contributed by atoms with Gasteiger partial charge in [0.1, 0.15) is 15.9 Å². The lowest BCUT2D eigenvalue weighted by molar-refractivity contribution is 0.0607. The van der Waals surface area contributed by atoms with E-state index < -0.39 is 5.97 Å². The Morgan fingerprint density at radius 2 is 2.04 bits per heavy atom. The number of carbonyl (C=O) groups excluding carboxylic acids is 1. The van der Waals surface area contributed by atoms with Crippen molar-refractivity contribution in [3.05, 3.63) is 50.7 Å². The fraction of sp³-hybridized carbons (Fsp3) is 0.294. The van der Waals surface area contributed by atoms with Crippen LogP contribution in [0.25, 0.3) is 21.6 Å². The molecule has 1 heterocycles. The van der Waals surface area contributed by atoms with Crippen LogP contribution in [0.3, 0.4) is 0 Å². The molecular weight excluding hydrogens is 324 g/mol. The molecule has 6 nitrogen and oxygen atoms in total. The third-order valence-electron chi connectivity index (χ3n) is 3.51. The van der Waals surface area contributed by atoms with Crippen LogP contribution in [-0.2, 0) is 10.2 Å². The van der Waals surface area contributed by atoms with Crippen LogP contribution in [0.5, 0.6) is 0 Å². The van der Waals surface area contributed by atoms with Crippen molar-refractivity contribution in [3.63, 3.8) is 0 Å². The van der Waals surface area contributed by atoms with Gasteiger partial charge in [-0.05, 0) is 27.2 Å². The molecule has 0 bridgehead atoms. The van der Waals surface area contributed by atoms with E-state index in [0.717, 1.165) is 22.5 Å². The Balaban J connectivity index is 2.91. The molecule has 0 radical (unpaired) electrons. The SMILES string of the molecule is COC(=O)c1sc(N=[N+]=[N-])c(C#N)c1-c1ccccc1C(C)(C)C. The molecule has 0 saturated heterocycles. The van der Waals surface area contributed by atoms with Crippen LogP contribution < -0.4 is 0 Å². The Morgan fingerprint density at radius 3 is 2.58 bits per heavy atom. The van der Waals surface area contributed by atoms with Crippen molar-refractivity contribution in [2.75, 3.05) is 7.11 Å². The number of nitriles is 1. The lowest BCUT2D eigenvalue weighted by Crippen LogP contribution is -2.13. The molecule has 0 aliphatic heterocycles. The Kier molecular flexibility index (Phi) is 4.93. The molecule has 1 aromatic heterocycles. The fourth-order valence-electron chi connectivity index (χ4n) is 2.48. The van der Waals surface area contributed by atoms with Gasteiger partial charge >= 0.3 is 5.97 Å². The summed E-state index contributed by atoms with van der Waals surface area (Å²) in [6.45, 7) is 6.16. The van der Waals surface area contributed by atoms with Gasteiger partial charge in [0.25, 0.3) is 0 Å². The molecule has 0 aliphatic rings. The van der Waals surface area contributed by atoms with Crippen molar-refractivity contribution in [2.24, 2.45) is 5.11 Å². The fourth-order valence-corrected chi connectivity index (χ4v) is 3.48. The largest absolute Gasteiger partial charge is 0.465 e. The minimum atomic E-state index is -0.561. The first-order chi connectivity index (χ1) is 11.3. The van der Waals surface area contributed by atoms with Crippen LogP contribution in [0.2, 0.25) is 0 Å². The number of hydrogen-bond acceptors (Lipinski definition) is 5. The molecule has 0 aliphatic carbocycles. The highest BCUT2D eigenvalue weighted by molar-refractivity contribution is 7.18. The van der Waals surface area contributed by atoms with Gasteiger partial charge in [0.15, 0.2) is 0 Å². The van der Waals surface area contributed by atoms with Gasteiger partial charge in [-0.15, -0.1) is 11.3 Å². The summed E-state index contributed by atoms with van der Waals surface area (Å²) in [4.78, 5) is 15.2. The molecule has 0 amide bonds. The van der Waals surface area contributed by atoms with E-state index in [4.69, 9.17) is 10.3 Å².